The van der Waals surface area contributed by atoms with Crippen molar-refractivity contribution in [2.24, 2.45) is 0 Å². The molecule has 2 rings (SSSR count). The molecule has 0 saturated carbocycles. The van der Waals surface area contributed by atoms with E-state index in [1.165, 1.54) is 6.33 Å². The lowest BCUT2D eigenvalue weighted by molar-refractivity contribution is 0.746. The van der Waals surface area contributed by atoms with Crippen molar-refractivity contribution in [3.05, 3.63) is 6.33 Å². The number of nitrogens with zero attached hydrogens (tertiary/aromatic N) is 4. The monoisotopic (exact) mass is 178 g/mol. The Kier molecular flexibility index (Phi) is 1.54. The lowest BCUT2D eigenvalue weighted by atomic mass is 10.3. The lowest BCUT2D eigenvalue weighted by Gasteiger charge is -2.11. The summed E-state index contributed by atoms with van der Waals surface area (Å²) in [5, 5.41) is 0. The van der Waals surface area contributed by atoms with Gasteiger partial charge in [-0.1, -0.05) is 0 Å². The molecule has 4 N–H and O–H groups in total. The quantitative estimate of drug-likeness (QED) is 0.638. The maximum Gasteiger partial charge on any atom is 0.203 e. The molecule has 2 aliphatic rings. The number of fused-ring (bicyclic) bond motifs is 1. The van der Waals surface area contributed by atoms with Gasteiger partial charge in [0.15, 0.2) is 11.6 Å². The maximum atomic E-state index is 5.66. The molecule has 0 aromatic rings. The van der Waals surface area contributed by atoms with Crippen LogP contribution in [0.25, 0.3) is 11.5 Å². The standard InChI is InChI=1S/C7H10N6/c1-2-13-6-4(10-3-11-6)5(8)12-7(13)9/h3H,2,8H2,1H3,(H2,9,12). The van der Waals surface area contributed by atoms with Crippen molar-refractivity contribution in [1.82, 2.24) is 19.5 Å². The molecule has 6 nitrogen and oxygen atoms in total. The Morgan fingerprint density at radius 2 is 2.15 bits per heavy atom. The van der Waals surface area contributed by atoms with Crippen LogP contribution < -0.4 is 11.5 Å². The second-order valence-electron chi connectivity index (χ2n) is 2.65. The van der Waals surface area contributed by atoms with Crippen molar-refractivity contribution in [2.45, 2.75) is 13.5 Å². The Balaban J connectivity index is 2.78. The van der Waals surface area contributed by atoms with Gasteiger partial charge in [0.25, 0.3) is 0 Å². The minimum absolute atomic E-state index is 0.328. The van der Waals surface area contributed by atoms with E-state index in [0.717, 1.165) is 0 Å². The highest BCUT2D eigenvalue weighted by Gasteiger charge is 2.16. The molecule has 0 unspecified atom stereocenters. The second-order valence-corrected chi connectivity index (χ2v) is 2.65. The zero-order valence-corrected chi connectivity index (χ0v) is 7.23. The fraction of sp³-hybridized carbons (Fsp3) is 0.286. The number of nitrogen functional groups attached to an aromatic ring is 2. The van der Waals surface area contributed by atoms with Crippen LogP contribution in [0, 0.1) is 0 Å². The van der Waals surface area contributed by atoms with E-state index in [1.807, 2.05) is 6.92 Å². The van der Waals surface area contributed by atoms with Gasteiger partial charge < -0.3 is 11.5 Å². The molecule has 0 amide bonds. The Hall–Kier alpha value is -1.85. The van der Waals surface area contributed by atoms with Gasteiger partial charge in [0.05, 0.1) is 0 Å². The highest BCUT2D eigenvalue weighted by atomic mass is 15.2. The fourth-order valence-corrected chi connectivity index (χ4v) is 1.30. The topological polar surface area (TPSA) is 95.6 Å². The van der Waals surface area contributed by atoms with E-state index < -0.39 is 0 Å². The Bertz CT molecular complexity index is 406. The number of rotatable bonds is 1. The third-order valence-electron chi connectivity index (χ3n) is 1.90. The van der Waals surface area contributed by atoms with Gasteiger partial charge in [-0.25, -0.2) is 9.97 Å². The van der Waals surface area contributed by atoms with Crippen LogP contribution in [-0.2, 0) is 6.54 Å². The van der Waals surface area contributed by atoms with E-state index in [-0.39, 0.29) is 0 Å². The lowest BCUT2D eigenvalue weighted by Crippen LogP contribution is -2.13. The van der Waals surface area contributed by atoms with Crippen molar-refractivity contribution < 1.29 is 0 Å². The van der Waals surface area contributed by atoms with E-state index in [9.17, 15) is 0 Å². The molecule has 6 heteroatoms. The van der Waals surface area contributed by atoms with Gasteiger partial charge in [0, 0.05) is 6.54 Å². The molecule has 0 spiro atoms. The summed E-state index contributed by atoms with van der Waals surface area (Å²) in [5.74, 6) is 1.38. The van der Waals surface area contributed by atoms with E-state index in [0.29, 0.717) is 29.8 Å². The van der Waals surface area contributed by atoms with Crippen LogP contribution in [0.5, 0.6) is 0 Å². The van der Waals surface area contributed by atoms with E-state index >= 15 is 0 Å². The van der Waals surface area contributed by atoms with Gasteiger partial charge in [-0.3, -0.25) is 4.57 Å². The average Bonchev–Trinajstić information content (AvgIpc) is 2.53. The number of hydrogen-bond donors (Lipinski definition) is 2. The van der Waals surface area contributed by atoms with E-state index in [4.69, 9.17) is 11.5 Å². The molecule has 0 aliphatic carbocycles. The van der Waals surface area contributed by atoms with Gasteiger partial charge in [-0.2, -0.15) is 4.98 Å². The molecular weight excluding hydrogens is 168 g/mol. The normalized spacial score (nSPS) is 10.8. The summed E-state index contributed by atoms with van der Waals surface area (Å²) in [6.07, 6.45) is 1.45. The maximum absolute atomic E-state index is 5.66. The molecule has 0 aromatic carbocycles. The van der Waals surface area contributed by atoms with Crippen molar-refractivity contribution >= 4 is 11.8 Å². The predicted octanol–water partition coefficient (Wildman–Crippen LogP) is -0.0378. The first-order chi connectivity index (χ1) is 6.24. The molecule has 68 valence electrons. The second kappa shape index (κ2) is 2.58. The number of nitrogens with two attached hydrogens (primary N) is 2. The van der Waals surface area contributed by atoms with Crippen LogP contribution in [0.15, 0.2) is 6.33 Å². The molecular formula is C7H10N6. The summed E-state index contributed by atoms with van der Waals surface area (Å²) in [4.78, 5) is 12.0. The third-order valence-corrected chi connectivity index (χ3v) is 1.90. The molecule has 2 aliphatic heterocycles. The minimum Gasteiger partial charge on any atom is -0.382 e. The van der Waals surface area contributed by atoms with Crippen LogP contribution in [-0.4, -0.2) is 19.5 Å². The smallest absolute Gasteiger partial charge is 0.203 e. The van der Waals surface area contributed by atoms with Gasteiger partial charge in [0.2, 0.25) is 5.95 Å². The number of hydrogen-bond acceptors (Lipinski definition) is 5. The Morgan fingerprint density at radius 3 is 2.85 bits per heavy atom. The van der Waals surface area contributed by atoms with Crippen LogP contribution in [0.4, 0.5) is 11.8 Å². The van der Waals surface area contributed by atoms with E-state index in [2.05, 4.69) is 15.0 Å². The zero-order valence-electron chi connectivity index (χ0n) is 7.23. The van der Waals surface area contributed by atoms with E-state index in [1.54, 1.807) is 4.57 Å². The summed E-state index contributed by atoms with van der Waals surface area (Å²) >= 11 is 0. The summed E-state index contributed by atoms with van der Waals surface area (Å²) in [6.45, 7) is 2.66. The number of imidazole rings is 1. The van der Waals surface area contributed by atoms with Crippen LogP contribution in [0.1, 0.15) is 6.92 Å². The zero-order chi connectivity index (χ0) is 9.42. The Morgan fingerprint density at radius 1 is 1.38 bits per heavy atom. The Labute approximate surface area is 75.0 Å². The summed E-state index contributed by atoms with van der Waals surface area (Å²) in [7, 11) is 0. The first-order valence-corrected chi connectivity index (χ1v) is 3.96. The summed E-state index contributed by atoms with van der Waals surface area (Å²) in [5.41, 5.74) is 11.9. The van der Waals surface area contributed by atoms with Gasteiger partial charge >= 0.3 is 0 Å². The van der Waals surface area contributed by atoms with Crippen LogP contribution in [0.2, 0.25) is 0 Å². The molecule has 2 heterocycles. The van der Waals surface area contributed by atoms with Crippen LogP contribution >= 0.6 is 0 Å². The molecule has 0 fully saturated rings. The first-order valence-electron chi connectivity index (χ1n) is 3.96. The van der Waals surface area contributed by atoms with Gasteiger partial charge in [-0.15, -0.1) is 0 Å². The highest BCUT2D eigenvalue weighted by Crippen LogP contribution is 2.24. The molecule has 0 saturated heterocycles. The number of anilines is 2. The minimum atomic E-state index is 0.328. The highest BCUT2D eigenvalue weighted by molar-refractivity contribution is 5.67. The van der Waals surface area contributed by atoms with Gasteiger partial charge in [0.1, 0.15) is 12.0 Å². The van der Waals surface area contributed by atoms with Crippen molar-refractivity contribution in [3.8, 4) is 11.5 Å². The largest absolute Gasteiger partial charge is 0.382 e. The fourth-order valence-electron chi connectivity index (χ4n) is 1.30. The molecule has 0 aromatic heterocycles. The molecule has 13 heavy (non-hydrogen) atoms. The summed E-state index contributed by atoms with van der Waals surface area (Å²) < 4.78 is 1.76. The van der Waals surface area contributed by atoms with Crippen molar-refractivity contribution in [1.29, 1.82) is 0 Å². The molecule has 0 atom stereocenters. The summed E-state index contributed by atoms with van der Waals surface area (Å²) in [6, 6.07) is 0. The van der Waals surface area contributed by atoms with Gasteiger partial charge in [-0.05, 0) is 6.92 Å². The predicted molar refractivity (Wildman–Crippen MR) is 48.9 cm³/mol. The van der Waals surface area contributed by atoms with Crippen molar-refractivity contribution in [3.63, 3.8) is 0 Å². The SMILES string of the molecule is CCn1c(N)nc(N)c2ncnc1-2. The third kappa shape index (κ3) is 0.986. The van der Waals surface area contributed by atoms with Crippen molar-refractivity contribution in [2.75, 3.05) is 11.5 Å². The molecule has 0 bridgehead atoms. The first kappa shape index (κ1) is 7.78. The molecule has 0 radical (unpaired) electrons. The van der Waals surface area contributed by atoms with Crippen LogP contribution in [0.3, 0.4) is 0 Å². The number of aromatic nitrogens is 4. The average molecular weight is 178 g/mol.